The first-order chi connectivity index (χ1) is 6.75. The topological polar surface area (TPSA) is 32.6 Å². The van der Waals surface area contributed by atoms with Crippen molar-refractivity contribution in [1.29, 1.82) is 0 Å². The van der Waals surface area contributed by atoms with E-state index in [4.69, 9.17) is 0 Å². The van der Waals surface area contributed by atoms with Crippen LogP contribution >= 0.6 is 22.6 Å². The average molecular weight is 305 g/mol. The molecule has 1 unspecified atom stereocenters. The van der Waals surface area contributed by atoms with Crippen LogP contribution in [0.25, 0.3) is 0 Å². The fourth-order valence-electron chi connectivity index (χ4n) is 2.36. The van der Waals surface area contributed by atoms with Crippen molar-refractivity contribution in [2.45, 2.75) is 38.2 Å². The third-order valence-corrected chi connectivity index (χ3v) is 4.01. The summed E-state index contributed by atoms with van der Waals surface area (Å²) in [7, 11) is 0. The van der Waals surface area contributed by atoms with Gasteiger partial charge < -0.3 is 5.11 Å². The minimum atomic E-state index is -0.0394. The molecule has 2 rings (SSSR count). The summed E-state index contributed by atoms with van der Waals surface area (Å²) < 4.78 is 1.12. The van der Waals surface area contributed by atoms with Crippen molar-refractivity contribution in [2.24, 2.45) is 16.8 Å². The molecule has 0 amide bonds. The first kappa shape index (κ1) is 10.6. The smallest absolute Gasteiger partial charge is 0.0965 e. The van der Waals surface area contributed by atoms with Crippen LogP contribution in [0.3, 0.4) is 0 Å². The maximum atomic E-state index is 9.42. The van der Waals surface area contributed by atoms with Gasteiger partial charge in [0.15, 0.2) is 0 Å². The second-order valence-corrected chi connectivity index (χ2v) is 5.38. The molecule has 78 valence electrons. The summed E-state index contributed by atoms with van der Waals surface area (Å²) >= 11 is 2.26. The highest BCUT2D eigenvalue weighted by Crippen LogP contribution is 2.33. The predicted molar refractivity (Wildman–Crippen MR) is 66.7 cm³/mol. The molecule has 1 saturated carbocycles. The van der Waals surface area contributed by atoms with Gasteiger partial charge in [0.05, 0.1) is 9.81 Å². The van der Waals surface area contributed by atoms with Gasteiger partial charge in [0.2, 0.25) is 0 Å². The number of nitrogens with zero attached hydrogens (tertiary/aromatic N) is 1. The number of allylic oxidation sites excluding steroid dienone is 1. The van der Waals surface area contributed by atoms with Gasteiger partial charge >= 0.3 is 0 Å². The lowest BCUT2D eigenvalue weighted by Crippen LogP contribution is -2.25. The molecule has 1 heterocycles. The van der Waals surface area contributed by atoms with Crippen molar-refractivity contribution in [2.75, 3.05) is 0 Å². The van der Waals surface area contributed by atoms with Crippen molar-refractivity contribution in [3.8, 4) is 0 Å². The lowest BCUT2D eigenvalue weighted by Gasteiger charge is -2.30. The van der Waals surface area contributed by atoms with Crippen LogP contribution in [0.5, 0.6) is 0 Å². The molecule has 1 atom stereocenters. The number of rotatable bonds is 1. The van der Waals surface area contributed by atoms with Crippen LogP contribution in [0.2, 0.25) is 0 Å². The van der Waals surface area contributed by atoms with Gasteiger partial charge in [-0.25, -0.2) is 0 Å². The Balaban J connectivity index is 1.88. The van der Waals surface area contributed by atoms with Gasteiger partial charge in [-0.15, -0.1) is 0 Å². The zero-order valence-electron chi connectivity index (χ0n) is 8.19. The zero-order valence-corrected chi connectivity index (χ0v) is 10.4. The van der Waals surface area contributed by atoms with Gasteiger partial charge in [0.1, 0.15) is 0 Å². The normalized spacial score (nSPS) is 38.1. The first-order valence-electron chi connectivity index (χ1n) is 5.33. The molecule has 1 aliphatic heterocycles. The molecule has 0 aromatic rings. The monoisotopic (exact) mass is 305 g/mol. The summed E-state index contributed by atoms with van der Waals surface area (Å²) in [6.45, 7) is 0. The van der Waals surface area contributed by atoms with Gasteiger partial charge in [-0.05, 0) is 60.6 Å². The van der Waals surface area contributed by atoms with E-state index in [1.54, 1.807) is 0 Å². The Morgan fingerprint density at radius 2 is 2.00 bits per heavy atom. The summed E-state index contributed by atoms with van der Waals surface area (Å²) in [6.07, 6.45) is 9.74. The maximum absolute atomic E-state index is 9.42. The predicted octanol–water partition coefficient (Wildman–Crippen LogP) is 2.90. The third-order valence-electron chi connectivity index (χ3n) is 3.29. The van der Waals surface area contributed by atoms with Crippen LogP contribution in [0.1, 0.15) is 32.1 Å². The molecule has 3 heteroatoms. The largest absolute Gasteiger partial charge is 0.393 e. The van der Waals surface area contributed by atoms with Crippen LogP contribution in [0.4, 0.5) is 0 Å². The minimum absolute atomic E-state index is 0.0394. The third kappa shape index (κ3) is 2.57. The molecule has 14 heavy (non-hydrogen) atoms. The molecule has 1 fully saturated rings. The van der Waals surface area contributed by atoms with E-state index in [2.05, 4.69) is 39.9 Å². The van der Waals surface area contributed by atoms with E-state index in [0.29, 0.717) is 5.92 Å². The second kappa shape index (κ2) is 4.75. The van der Waals surface area contributed by atoms with E-state index in [9.17, 15) is 5.11 Å². The lowest BCUT2D eigenvalue weighted by atomic mass is 9.78. The van der Waals surface area contributed by atoms with E-state index >= 15 is 0 Å². The van der Waals surface area contributed by atoms with Crippen molar-refractivity contribution in [3.05, 3.63) is 9.78 Å². The van der Waals surface area contributed by atoms with E-state index in [1.165, 1.54) is 12.8 Å². The Labute approximate surface area is 98.6 Å². The van der Waals surface area contributed by atoms with Crippen molar-refractivity contribution in [1.82, 2.24) is 0 Å². The van der Waals surface area contributed by atoms with Crippen LogP contribution in [0, 0.1) is 11.8 Å². The van der Waals surface area contributed by atoms with Crippen molar-refractivity contribution in [3.63, 3.8) is 0 Å². The Morgan fingerprint density at radius 1 is 1.29 bits per heavy atom. The average Bonchev–Trinajstić information content (AvgIpc) is 2.21. The van der Waals surface area contributed by atoms with E-state index in [1.807, 2.05) is 0 Å². The molecule has 0 spiro atoms. The van der Waals surface area contributed by atoms with E-state index in [0.717, 1.165) is 28.9 Å². The molecule has 2 aliphatic rings. The van der Waals surface area contributed by atoms with Crippen LogP contribution in [0.15, 0.2) is 14.8 Å². The molecule has 1 aliphatic carbocycles. The summed E-state index contributed by atoms with van der Waals surface area (Å²) in [6, 6.07) is 0. The Morgan fingerprint density at radius 3 is 2.57 bits per heavy atom. The van der Waals surface area contributed by atoms with Gasteiger partial charge in [0.25, 0.3) is 0 Å². The zero-order chi connectivity index (χ0) is 9.97. The number of halogens is 1. The Kier molecular flexibility index (Phi) is 3.60. The van der Waals surface area contributed by atoms with Crippen LogP contribution < -0.4 is 0 Å². The van der Waals surface area contributed by atoms with Crippen molar-refractivity contribution >= 4 is 28.8 Å². The SMILES string of the molecule is OC1CCC(C2C=NC(I)=CC2)CC1. The highest BCUT2D eigenvalue weighted by molar-refractivity contribution is 14.1. The second-order valence-electron chi connectivity index (χ2n) is 4.27. The molecule has 1 N–H and O–H groups in total. The lowest BCUT2D eigenvalue weighted by molar-refractivity contribution is 0.100. The number of aliphatic hydroxyl groups excluding tert-OH is 1. The number of aliphatic hydroxyl groups is 1. The van der Waals surface area contributed by atoms with Crippen LogP contribution in [-0.4, -0.2) is 17.4 Å². The maximum Gasteiger partial charge on any atom is 0.0965 e. The molecular formula is C11H16INO. The highest BCUT2D eigenvalue weighted by atomic mass is 127. The summed E-state index contributed by atoms with van der Waals surface area (Å²) in [5.41, 5.74) is 0. The van der Waals surface area contributed by atoms with E-state index < -0.39 is 0 Å². The quantitative estimate of drug-likeness (QED) is 0.586. The summed E-state index contributed by atoms with van der Waals surface area (Å²) in [5, 5.41) is 9.42. The fourth-order valence-corrected chi connectivity index (χ4v) is 2.77. The molecule has 0 aromatic heterocycles. The van der Waals surface area contributed by atoms with E-state index in [-0.39, 0.29) is 6.10 Å². The Hall–Kier alpha value is 0.100. The number of aliphatic imine (C=N–C) groups is 1. The van der Waals surface area contributed by atoms with Gasteiger partial charge in [-0.3, -0.25) is 4.99 Å². The molecule has 0 radical (unpaired) electrons. The van der Waals surface area contributed by atoms with Crippen LogP contribution in [-0.2, 0) is 0 Å². The summed E-state index contributed by atoms with van der Waals surface area (Å²) in [5.74, 6) is 1.38. The summed E-state index contributed by atoms with van der Waals surface area (Å²) in [4.78, 5) is 4.37. The fraction of sp³-hybridized carbons (Fsp3) is 0.727. The van der Waals surface area contributed by atoms with Gasteiger partial charge in [-0.2, -0.15) is 0 Å². The minimum Gasteiger partial charge on any atom is -0.393 e. The van der Waals surface area contributed by atoms with Crippen molar-refractivity contribution < 1.29 is 5.11 Å². The number of hydrogen-bond donors (Lipinski definition) is 1. The molecule has 2 nitrogen and oxygen atoms in total. The molecular weight excluding hydrogens is 289 g/mol. The standard InChI is InChI=1S/C11H16INO/c12-11-6-3-9(7-13-11)8-1-4-10(14)5-2-8/h6-10,14H,1-5H2. The number of hydrogen-bond acceptors (Lipinski definition) is 2. The van der Waals surface area contributed by atoms with Gasteiger partial charge in [-0.1, -0.05) is 6.08 Å². The highest BCUT2D eigenvalue weighted by Gasteiger charge is 2.26. The molecule has 0 saturated heterocycles. The molecule has 0 aromatic carbocycles. The van der Waals surface area contributed by atoms with Gasteiger partial charge in [0, 0.05) is 12.1 Å². The Bertz CT molecular complexity index is 254. The first-order valence-corrected chi connectivity index (χ1v) is 6.41. The molecule has 0 bridgehead atoms.